The standard InChI is InChI=1S/C9H7N5S2/c1-5-13-14-9(15-5)16-8-7(11)2-6(3-10)4-12-8/h2,4H,11H2,1H3. The molecule has 0 amide bonds. The summed E-state index contributed by atoms with van der Waals surface area (Å²) in [4.78, 5) is 4.11. The van der Waals surface area contributed by atoms with E-state index in [1.807, 2.05) is 13.0 Å². The molecule has 2 aromatic heterocycles. The van der Waals surface area contributed by atoms with Crippen LogP contribution < -0.4 is 5.73 Å². The molecule has 0 aliphatic carbocycles. The Bertz CT molecular complexity index is 557. The van der Waals surface area contributed by atoms with Crippen LogP contribution in [-0.2, 0) is 0 Å². The fraction of sp³-hybridized carbons (Fsp3) is 0.111. The van der Waals surface area contributed by atoms with Crippen LogP contribution in [0.3, 0.4) is 0 Å². The maximum absolute atomic E-state index is 8.67. The number of nitrogens with two attached hydrogens (primary N) is 1. The first-order chi connectivity index (χ1) is 7.69. The van der Waals surface area contributed by atoms with Gasteiger partial charge in [-0.2, -0.15) is 5.26 Å². The van der Waals surface area contributed by atoms with E-state index in [1.54, 1.807) is 6.07 Å². The molecule has 0 spiro atoms. The number of nitrogens with zero attached hydrogens (tertiary/aromatic N) is 4. The molecule has 0 aliphatic rings. The lowest BCUT2D eigenvalue weighted by Gasteiger charge is -2.00. The fourth-order valence-electron chi connectivity index (χ4n) is 1.02. The number of nitriles is 1. The van der Waals surface area contributed by atoms with E-state index in [9.17, 15) is 0 Å². The fourth-order valence-corrected chi connectivity index (χ4v) is 2.73. The molecule has 0 saturated heterocycles. The van der Waals surface area contributed by atoms with Crippen molar-refractivity contribution in [3.05, 3.63) is 22.8 Å². The van der Waals surface area contributed by atoms with Gasteiger partial charge in [0.15, 0.2) is 4.34 Å². The Hall–Kier alpha value is -1.65. The lowest BCUT2D eigenvalue weighted by molar-refractivity contribution is 0.981. The zero-order valence-corrected chi connectivity index (χ0v) is 9.97. The second kappa shape index (κ2) is 4.47. The van der Waals surface area contributed by atoms with E-state index in [0.717, 1.165) is 9.35 Å². The van der Waals surface area contributed by atoms with Gasteiger partial charge in [0, 0.05) is 6.20 Å². The number of aryl methyl sites for hydroxylation is 1. The molecule has 7 heteroatoms. The highest BCUT2D eigenvalue weighted by molar-refractivity contribution is 8.01. The molecule has 2 heterocycles. The third kappa shape index (κ3) is 2.29. The van der Waals surface area contributed by atoms with Gasteiger partial charge in [0.2, 0.25) is 0 Å². The van der Waals surface area contributed by atoms with Gasteiger partial charge in [-0.15, -0.1) is 10.2 Å². The second-order valence-electron chi connectivity index (χ2n) is 2.92. The second-order valence-corrected chi connectivity index (χ2v) is 5.34. The molecule has 0 fully saturated rings. The minimum Gasteiger partial charge on any atom is -0.396 e. The van der Waals surface area contributed by atoms with Gasteiger partial charge >= 0.3 is 0 Å². The summed E-state index contributed by atoms with van der Waals surface area (Å²) < 4.78 is 0.793. The molecule has 0 aromatic carbocycles. The maximum atomic E-state index is 8.67. The summed E-state index contributed by atoms with van der Waals surface area (Å²) in [6, 6.07) is 3.59. The molecular weight excluding hydrogens is 242 g/mol. The van der Waals surface area contributed by atoms with Crippen LogP contribution in [0.1, 0.15) is 10.6 Å². The molecule has 2 aromatic rings. The van der Waals surface area contributed by atoms with E-state index >= 15 is 0 Å². The van der Waals surface area contributed by atoms with Crippen molar-refractivity contribution in [1.29, 1.82) is 5.26 Å². The predicted octanol–water partition coefficient (Wildman–Crippen LogP) is 1.85. The topological polar surface area (TPSA) is 88.5 Å². The molecule has 0 bridgehead atoms. The highest BCUT2D eigenvalue weighted by Gasteiger charge is 2.08. The summed E-state index contributed by atoms with van der Waals surface area (Å²) in [5, 5.41) is 18.1. The number of aromatic nitrogens is 3. The van der Waals surface area contributed by atoms with Crippen LogP contribution in [0.25, 0.3) is 0 Å². The number of nitrogen functional groups attached to an aromatic ring is 1. The first kappa shape index (κ1) is 10.9. The van der Waals surface area contributed by atoms with E-state index in [0.29, 0.717) is 16.3 Å². The van der Waals surface area contributed by atoms with Gasteiger partial charge in [-0.05, 0) is 24.8 Å². The molecule has 0 unspecified atom stereocenters. The molecule has 5 nitrogen and oxygen atoms in total. The Morgan fingerprint density at radius 1 is 1.50 bits per heavy atom. The summed E-state index contributed by atoms with van der Waals surface area (Å²) >= 11 is 2.84. The Morgan fingerprint density at radius 3 is 2.88 bits per heavy atom. The molecule has 0 atom stereocenters. The molecule has 80 valence electrons. The van der Waals surface area contributed by atoms with Crippen LogP contribution >= 0.6 is 23.1 Å². The summed E-state index contributed by atoms with van der Waals surface area (Å²) in [5.74, 6) is 0. The Morgan fingerprint density at radius 2 is 2.31 bits per heavy atom. The van der Waals surface area contributed by atoms with E-state index in [4.69, 9.17) is 11.0 Å². The maximum Gasteiger partial charge on any atom is 0.180 e. The monoisotopic (exact) mass is 249 g/mol. The molecule has 0 saturated carbocycles. The van der Waals surface area contributed by atoms with Crippen molar-refractivity contribution in [2.75, 3.05) is 5.73 Å². The Labute approximate surface area is 100 Å². The number of hydrogen-bond acceptors (Lipinski definition) is 7. The number of hydrogen-bond donors (Lipinski definition) is 1. The van der Waals surface area contributed by atoms with Gasteiger partial charge in [0.25, 0.3) is 0 Å². The SMILES string of the molecule is Cc1nnc(Sc2ncc(C#N)cc2N)s1. The summed E-state index contributed by atoms with van der Waals surface area (Å²) in [7, 11) is 0. The molecule has 0 radical (unpaired) electrons. The predicted molar refractivity (Wildman–Crippen MR) is 62.1 cm³/mol. The van der Waals surface area contributed by atoms with E-state index in [1.165, 1.54) is 29.3 Å². The quantitative estimate of drug-likeness (QED) is 0.873. The van der Waals surface area contributed by atoms with Crippen molar-refractivity contribution in [2.45, 2.75) is 16.3 Å². The van der Waals surface area contributed by atoms with Crippen LogP contribution in [0.2, 0.25) is 0 Å². The van der Waals surface area contributed by atoms with Crippen molar-refractivity contribution >= 4 is 28.8 Å². The van der Waals surface area contributed by atoms with Gasteiger partial charge < -0.3 is 5.73 Å². The van der Waals surface area contributed by atoms with Gasteiger partial charge in [-0.3, -0.25) is 0 Å². The summed E-state index contributed by atoms with van der Waals surface area (Å²) in [5.41, 5.74) is 6.71. The van der Waals surface area contributed by atoms with Crippen molar-refractivity contribution < 1.29 is 0 Å². The zero-order chi connectivity index (χ0) is 11.5. The Balaban J connectivity index is 2.26. The number of anilines is 1. The van der Waals surface area contributed by atoms with Crippen LogP contribution in [0, 0.1) is 18.3 Å². The first-order valence-electron chi connectivity index (χ1n) is 4.32. The molecule has 16 heavy (non-hydrogen) atoms. The van der Waals surface area contributed by atoms with Crippen molar-refractivity contribution in [2.24, 2.45) is 0 Å². The summed E-state index contributed by atoms with van der Waals surface area (Å²) in [6.07, 6.45) is 1.49. The molecule has 2 N–H and O–H groups in total. The highest BCUT2D eigenvalue weighted by atomic mass is 32.2. The summed E-state index contributed by atoms with van der Waals surface area (Å²) in [6.45, 7) is 1.89. The zero-order valence-electron chi connectivity index (χ0n) is 8.34. The molecule has 0 aliphatic heterocycles. The van der Waals surface area contributed by atoms with Crippen LogP contribution in [0.4, 0.5) is 5.69 Å². The minimum absolute atomic E-state index is 0.454. The smallest absolute Gasteiger partial charge is 0.180 e. The lowest BCUT2D eigenvalue weighted by atomic mass is 10.3. The first-order valence-corrected chi connectivity index (χ1v) is 5.96. The van der Waals surface area contributed by atoms with Crippen LogP contribution in [0.5, 0.6) is 0 Å². The van der Waals surface area contributed by atoms with Crippen molar-refractivity contribution in [3.8, 4) is 6.07 Å². The van der Waals surface area contributed by atoms with Gasteiger partial charge in [0.1, 0.15) is 16.1 Å². The van der Waals surface area contributed by atoms with Crippen LogP contribution in [0.15, 0.2) is 21.6 Å². The van der Waals surface area contributed by atoms with Gasteiger partial charge in [-0.1, -0.05) is 11.3 Å². The van der Waals surface area contributed by atoms with Crippen molar-refractivity contribution in [1.82, 2.24) is 15.2 Å². The van der Waals surface area contributed by atoms with E-state index in [-0.39, 0.29) is 0 Å². The minimum atomic E-state index is 0.454. The van der Waals surface area contributed by atoms with Crippen molar-refractivity contribution in [3.63, 3.8) is 0 Å². The third-order valence-electron chi connectivity index (χ3n) is 1.70. The largest absolute Gasteiger partial charge is 0.396 e. The van der Waals surface area contributed by atoms with E-state index in [2.05, 4.69) is 15.2 Å². The van der Waals surface area contributed by atoms with E-state index < -0.39 is 0 Å². The Kier molecular flexibility index (Phi) is 3.03. The lowest BCUT2D eigenvalue weighted by Crippen LogP contribution is -1.92. The average molecular weight is 249 g/mol. The average Bonchev–Trinajstić information content (AvgIpc) is 2.67. The number of pyridine rings is 1. The van der Waals surface area contributed by atoms with Gasteiger partial charge in [-0.25, -0.2) is 4.98 Å². The van der Waals surface area contributed by atoms with Crippen LogP contribution in [-0.4, -0.2) is 15.2 Å². The van der Waals surface area contributed by atoms with Gasteiger partial charge in [0.05, 0.1) is 11.3 Å². The molecular formula is C9H7N5S2. The molecule has 2 rings (SSSR count). The highest BCUT2D eigenvalue weighted by Crippen LogP contribution is 2.32. The number of rotatable bonds is 2. The third-order valence-corrected chi connectivity index (χ3v) is 3.62. The normalized spacial score (nSPS) is 10.0.